The molecule has 0 saturated carbocycles. The molecule has 0 aliphatic heterocycles. The number of carboxylic acids is 1. The molecule has 0 atom stereocenters. The molecule has 0 amide bonds. The van der Waals surface area contributed by atoms with Crippen molar-refractivity contribution in [3.63, 3.8) is 0 Å². The van der Waals surface area contributed by atoms with Crippen LogP contribution >= 0.6 is 0 Å². The fourth-order valence-corrected chi connectivity index (χ4v) is 2.43. The first kappa shape index (κ1) is 13.4. The van der Waals surface area contributed by atoms with Crippen LogP contribution in [0.5, 0.6) is 5.88 Å². The summed E-state index contributed by atoms with van der Waals surface area (Å²) in [5.41, 5.74) is 0.342. The first-order chi connectivity index (χ1) is 7.93. The molecule has 0 aliphatic carbocycles. The van der Waals surface area contributed by atoms with Crippen molar-refractivity contribution in [3.05, 3.63) is 23.9 Å². The van der Waals surface area contributed by atoms with Crippen LogP contribution in [0.25, 0.3) is 0 Å². The molecule has 0 radical (unpaired) electrons. The maximum Gasteiger partial charge on any atom is 0.304 e. The van der Waals surface area contributed by atoms with Crippen molar-refractivity contribution in [1.29, 1.82) is 0 Å². The second-order valence-corrected chi connectivity index (χ2v) is 5.59. The zero-order chi connectivity index (χ0) is 12.9. The molecule has 0 bridgehead atoms. The van der Waals surface area contributed by atoms with Crippen LogP contribution in [0.3, 0.4) is 0 Å². The summed E-state index contributed by atoms with van der Waals surface area (Å²) in [4.78, 5) is 14.3. The zero-order valence-electron chi connectivity index (χ0n) is 9.29. The monoisotopic (exact) mass is 259 g/mol. The minimum absolute atomic E-state index is 0.280. The average Bonchev–Trinajstić information content (AvgIpc) is 2.26. The molecule has 0 saturated heterocycles. The molecule has 1 rings (SSSR count). The molecule has 1 aromatic heterocycles. The van der Waals surface area contributed by atoms with Gasteiger partial charge in [-0.05, 0) is 6.07 Å². The van der Waals surface area contributed by atoms with Gasteiger partial charge in [0.1, 0.15) is 0 Å². The van der Waals surface area contributed by atoms with E-state index in [0.29, 0.717) is 11.6 Å². The molecule has 0 aliphatic rings. The van der Waals surface area contributed by atoms with Crippen LogP contribution in [0.15, 0.2) is 18.2 Å². The summed E-state index contributed by atoms with van der Waals surface area (Å²) in [6, 6.07) is 4.79. The van der Waals surface area contributed by atoms with E-state index >= 15 is 0 Å². The lowest BCUT2D eigenvalue weighted by Gasteiger charge is -2.04. The minimum atomic E-state index is -3.45. The Bertz CT molecular complexity index is 497. The molecule has 7 heteroatoms. The van der Waals surface area contributed by atoms with Gasteiger partial charge in [0.05, 0.1) is 30.7 Å². The average molecular weight is 259 g/mol. The van der Waals surface area contributed by atoms with Crippen LogP contribution in [0.4, 0.5) is 0 Å². The van der Waals surface area contributed by atoms with E-state index in [1.165, 1.54) is 7.11 Å². The summed E-state index contributed by atoms with van der Waals surface area (Å²) in [5, 5.41) is 8.42. The number of nitrogens with zero attached hydrogens (tertiary/aromatic N) is 1. The fourth-order valence-electron chi connectivity index (χ4n) is 1.19. The van der Waals surface area contributed by atoms with Crippen molar-refractivity contribution in [3.8, 4) is 5.88 Å². The molecule has 0 aromatic carbocycles. The van der Waals surface area contributed by atoms with E-state index in [1.807, 2.05) is 0 Å². The third-order valence-electron chi connectivity index (χ3n) is 1.99. The number of methoxy groups -OCH3 is 1. The third kappa shape index (κ3) is 4.81. The van der Waals surface area contributed by atoms with Crippen molar-refractivity contribution in [2.45, 2.75) is 12.2 Å². The Balaban J connectivity index is 2.72. The van der Waals surface area contributed by atoms with E-state index in [0.717, 1.165) is 0 Å². The highest BCUT2D eigenvalue weighted by molar-refractivity contribution is 7.90. The number of hydrogen-bond acceptors (Lipinski definition) is 5. The number of carboxylic acid groups (broad SMARTS) is 1. The summed E-state index contributed by atoms with van der Waals surface area (Å²) < 4.78 is 28.0. The van der Waals surface area contributed by atoms with Crippen molar-refractivity contribution in [1.82, 2.24) is 4.98 Å². The molecule has 0 fully saturated rings. The smallest absolute Gasteiger partial charge is 0.304 e. The van der Waals surface area contributed by atoms with Gasteiger partial charge in [-0.2, -0.15) is 0 Å². The number of rotatable bonds is 6. The summed E-state index contributed by atoms with van der Waals surface area (Å²) in [7, 11) is -2.02. The highest BCUT2D eigenvalue weighted by atomic mass is 32.2. The van der Waals surface area contributed by atoms with E-state index in [-0.39, 0.29) is 11.5 Å². The zero-order valence-corrected chi connectivity index (χ0v) is 10.1. The Morgan fingerprint density at radius 3 is 2.76 bits per heavy atom. The second kappa shape index (κ2) is 5.62. The molecule has 0 unspecified atom stereocenters. The Labute approximate surface area is 99.2 Å². The molecule has 6 nitrogen and oxygen atoms in total. The second-order valence-electron chi connectivity index (χ2n) is 3.41. The van der Waals surface area contributed by atoms with Gasteiger partial charge in [-0.25, -0.2) is 13.4 Å². The fraction of sp³-hybridized carbons (Fsp3) is 0.400. The first-order valence-electron chi connectivity index (χ1n) is 4.85. The number of pyridine rings is 1. The molecular weight excluding hydrogens is 246 g/mol. The minimum Gasteiger partial charge on any atom is -0.481 e. The molecule has 17 heavy (non-hydrogen) atoms. The van der Waals surface area contributed by atoms with Gasteiger partial charge in [0, 0.05) is 6.07 Å². The highest BCUT2D eigenvalue weighted by Gasteiger charge is 2.15. The Hall–Kier alpha value is -1.63. The van der Waals surface area contributed by atoms with Crippen molar-refractivity contribution >= 4 is 15.8 Å². The van der Waals surface area contributed by atoms with Crippen molar-refractivity contribution < 1.29 is 23.1 Å². The van der Waals surface area contributed by atoms with Crippen LogP contribution in [-0.2, 0) is 20.4 Å². The maximum atomic E-state index is 11.6. The van der Waals surface area contributed by atoms with E-state index in [4.69, 9.17) is 9.84 Å². The van der Waals surface area contributed by atoms with Crippen molar-refractivity contribution in [2.75, 3.05) is 12.9 Å². The SMILES string of the molecule is COc1cccc(CS(=O)(=O)CCC(=O)O)n1. The number of aliphatic carboxylic acids is 1. The van der Waals surface area contributed by atoms with Crippen LogP contribution < -0.4 is 4.74 Å². The largest absolute Gasteiger partial charge is 0.481 e. The van der Waals surface area contributed by atoms with Gasteiger partial charge in [-0.15, -0.1) is 0 Å². The van der Waals surface area contributed by atoms with Crippen LogP contribution in [0.1, 0.15) is 12.1 Å². The molecule has 1 aromatic rings. The van der Waals surface area contributed by atoms with Gasteiger partial charge in [-0.3, -0.25) is 4.79 Å². The number of sulfone groups is 1. The predicted octanol–water partition coefficient (Wildman–Crippen LogP) is 0.480. The summed E-state index contributed by atoms with van der Waals surface area (Å²) >= 11 is 0. The Morgan fingerprint density at radius 2 is 2.18 bits per heavy atom. The summed E-state index contributed by atoms with van der Waals surface area (Å²) in [5.74, 6) is -1.47. The first-order valence-corrected chi connectivity index (χ1v) is 6.67. The van der Waals surface area contributed by atoms with Crippen molar-refractivity contribution in [2.24, 2.45) is 0 Å². The topological polar surface area (TPSA) is 93.6 Å². The Morgan fingerprint density at radius 1 is 1.47 bits per heavy atom. The van der Waals surface area contributed by atoms with E-state index in [9.17, 15) is 13.2 Å². The molecule has 1 heterocycles. The number of aromatic nitrogens is 1. The van der Waals surface area contributed by atoms with Gasteiger partial charge < -0.3 is 9.84 Å². The normalized spacial score (nSPS) is 11.1. The van der Waals surface area contributed by atoms with Crippen LogP contribution in [-0.4, -0.2) is 37.3 Å². The molecular formula is C10H13NO5S. The lowest BCUT2D eigenvalue weighted by atomic mass is 10.4. The predicted molar refractivity (Wildman–Crippen MR) is 60.5 cm³/mol. The number of carbonyl (C=O) groups is 1. The highest BCUT2D eigenvalue weighted by Crippen LogP contribution is 2.10. The number of hydrogen-bond donors (Lipinski definition) is 1. The lowest BCUT2D eigenvalue weighted by Crippen LogP contribution is -2.13. The molecule has 0 spiro atoms. The molecule has 94 valence electrons. The maximum absolute atomic E-state index is 11.6. The van der Waals surface area contributed by atoms with Gasteiger partial charge in [0.25, 0.3) is 0 Å². The third-order valence-corrected chi connectivity index (χ3v) is 3.55. The van der Waals surface area contributed by atoms with E-state index in [1.54, 1.807) is 18.2 Å². The quantitative estimate of drug-likeness (QED) is 0.798. The summed E-state index contributed by atoms with van der Waals surface area (Å²) in [6.45, 7) is 0. The Kier molecular flexibility index (Phi) is 4.45. The van der Waals surface area contributed by atoms with E-state index in [2.05, 4.69) is 4.98 Å². The van der Waals surface area contributed by atoms with Gasteiger partial charge in [0.2, 0.25) is 5.88 Å². The van der Waals surface area contributed by atoms with Gasteiger partial charge in [-0.1, -0.05) is 6.07 Å². The van der Waals surface area contributed by atoms with Gasteiger partial charge >= 0.3 is 5.97 Å². The van der Waals surface area contributed by atoms with Crippen LogP contribution in [0, 0.1) is 0 Å². The standard InChI is InChI=1S/C10H13NO5S/c1-16-9-4-2-3-8(11-9)7-17(14,15)6-5-10(12)13/h2-4H,5-7H2,1H3,(H,12,13). The molecule has 1 N–H and O–H groups in total. The summed E-state index contributed by atoms with van der Waals surface area (Å²) in [6.07, 6.45) is -0.397. The van der Waals surface area contributed by atoms with Crippen LogP contribution in [0.2, 0.25) is 0 Å². The van der Waals surface area contributed by atoms with E-state index < -0.39 is 22.2 Å². The van der Waals surface area contributed by atoms with Gasteiger partial charge in [0.15, 0.2) is 9.84 Å². The lowest BCUT2D eigenvalue weighted by molar-refractivity contribution is -0.136. The number of ether oxygens (including phenoxy) is 1.